The fourth-order valence-electron chi connectivity index (χ4n) is 4.80. The van der Waals surface area contributed by atoms with Crippen molar-refractivity contribution in [3.05, 3.63) is 82.7 Å². The summed E-state index contributed by atoms with van der Waals surface area (Å²) >= 11 is 0. The van der Waals surface area contributed by atoms with Gasteiger partial charge in [-0.1, -0.05) is 56.7 Å². The molecule has 0 amide bonds. The van der Waals surface area contributed by atoms with E-state index in [2.05, 4.69) is 20.8 Å². The normalized spacial score (nSPS) is 21.9. The molecule has 0 spiro atoms. The molecule has 0 unspecified atom stereocenters. The van der Waals surface area contributed by atoms with E-state index in [4.69, 9.17) is 14.9 Å². The Morgan fingerprint density at radius 2 is 1.68 bits per heavy atom. The van der Waals surface area contributed by atoms with Crippen LogP contribution in [-0.4, -0.2) is 36.6 Å². The maximum Gasteiger partial charge on any atom is 0.166 e. The molecule has 3 aliphatic rings. The SMILES string of the molecule is C/C(=C\C(=N)CC(=O)Cc1ccc(CC(=O)C2=CCC=C(OC3CC(C4COC4)C3)C=C2)cc1)C(C)(C)C.[HH].[HH].[HH]. The molecule has 1 aliphatic heterocycles. The number of ether oxygens (including phenoxy) is 2. The van der Waals surface area contributed by atoms with Crippen LogP contribution in [-0.2, 0) is 31.9 Å². The lowest BCUT2D eigenvalue weighted by Gasteiger charge is -2.43. The quantitative estimate of drug-likeness (QED) is 0.311. The molecule has 0 bridgehead atoms. The van der Waals surface area contributed by atoms with Crippen molar-refractivity contribution in [1.82, 2.24) is 0 Å². The van der Waals surface area contributed by atoms with Crippen LogP contribution in [0.25, 0.3) is 0 Å². The summed E-state index contributed by atoms with van der Waals surface area (Å²) in [7, 11) is 0. The van der Waals surface area contributed by atoms with Crippen LogP contribution in [0.1, 0.15) is 68.8 Å². The van der Waals surface area contributed by atoms with Gasteiger partial charge in [0, 0.05) is 40.7 Å². The Bertz CT molecular complexity index is 1180. The number of Topliss-reactive ketones (excluding diaryl/α,β-unsaturated/α-hetero) is 2. The van der Waals surface area contributed by atoms with E-state index in [1.807, 2.05) is 61.6 Å². The van der Waals surface area contributed by atoms with Gasteiger partial charge in [-0.05, 0) is 73.0 Å². The Hall–Kier alpha value is -3.05. The summed E-state index contributed by atoms with van der Waals surface area (Å²) in [5.41, 5.74) is 3.95. The van der Waals surface area contributed by atoms with Crippen LogP contribution in [0.4, 0.5) is 0 Å². The molecule has 5 nitrogen and oxygen atoms in total. The lowest BCUT2D eigenvalue weighted by molar-refractivity contribution is -0.117. The molecule has 1 heterocycles. The Morgan fingerprint density at radius 3 is 2.29 bits per heavy atom. The van der Waals surface area contributed by atoms with Crippen LogP contribution in [0.5, 0.6) is 0 Å². The number of ketones is 2. The Labute approximate surface area is 231 Å². The molecule has 1 N–H and O–H groups in total. The number of hydrogen-bond acceptors (Lipinski definition) is 5. The molecule has 0 radical (unpaired) electrons. The third-order valence-electron chi connectivity index (χ3n) is 7.92. The number of rotatable bonds is 11. The summed E-state index contributed by atoms with van der Waals surface area (Å²) in [5, 5.41) is 8.15. The first-order valence-electron chi connectivity index (χ1n) is 13.8. The molecule has 208 valence electrons. The smallest absolute Gasteiger partial charge is 0.166 e. The van der Waals surface area contributed by atoms with Gasteiger partial charge in [-0.3, -0.25) is 9.59 Å². The van der Waals surface area contributed by atoms with Crippen molar-refractivity contribution >= 4 is 17.3 Å². The first-order chi connectivity index (χ1) is 18.1. The van der Waals surface area contributed by atoms with E-state index in [1.165, 1.54) is 0 Å². The van der Waals surface area contributed by atoms with Crippen molar-refractivity contribution in [2.24, 2.45) is 17.3 Å². The molecular formula is C33H47NO4. The second-order valence-electron chi connectivity index (χ2n) is 12.0. The maximum absolute atomic E-state index is 12.9. The fourth-order valence-corrected chi connectivity index (χ4v) is 4.80. The fraction of sp³-hybridized carbons (Fsp3) is 0.485. The third-order valence-corrected chi connectivity index (χ3v) is 7.92. The van der Waals surface area contributed by atoms with E-state index in [1.54, 1.807) is 0 Å². The van der Waals surface area contributed by atoms with E-state index in [0.29, 0.717) is 30.0 Å². The summed E-state index contributed by atoms with van der Waals surface area (Å²) in [4.78, 5) is 25.4. The van der Waals surface area contributed by atoms with E-state index in [0.717, 1.165) is 54.4 Å². The van der Waals surface area contributed by atoms with Gasteiger partial charge in [0.15, 0.2) is 5.78 Å². The molecule has 5 heteroatoms. The lowest BCUT2D eigenvalue weighted by atomic mass is 9.73. The molecule has 4 rings (SSSR count). The second-order valence-corrected chi connectivity index (χ2v) is 12.0. The average molecular weight is 522 g/mol. The van der Waals surface area contributed by atoms with Crippen molar-refractivity contribution in [2.45, 2.75) is 72.3 Å². The number of hydrogen-bond donors (Lipinski definition) is 1. The zero-order chi connectivity index (χ0) is 27.3. The van der Waals surface area contributed by atoms with Crippen LogP contribution in [0.15, 0.2) is 71.6 Å². The first-order valence-corrected chi connectivity index (χ1v) is 13.8. The number of carbonyl (C=O) groups excluding carboxylic acids is 2. The van der Waals surface area contributed by atoms with Crippen molar-refractivity contribution in [3.63, 3.8) is 0 Å². The van der Waals surface area contributed by atoms with Crippen molar-refractivity contribution in [2.75, 3.05) is 13.2 Å². The minimum Gasteiger partial charge on any atom is -0.491 e. The molecular weight excluding hydrogens is 474 g/mol. The number of carbonyl (C=O) groups is 2. The highest BCUT2D eigenvalue weighted by atomic mass is 16.5. The molecule has 1 saturated heterocycles. The maximum atomic E-state index is 12.9. The van der Waals surface area contributed by atoms with Crippen molar-refractivity contribution < 1.29 is 23.3 Å². The van der Waals surface area contributed by atoms with E-state index in [-0.39, 0.29) is 40.2 Å². The average Bonchev–Trinajstić information content (AvgIpc) is 3.02. The Morgan fingerprint density at radius 1 is 1.03 bits per heavy atom. The van der Waals surface area contributed by atoms with Gasteiger partial charge in [0.1, 0.15) is 11.5 Å². The lowest BCUT2D eigenvalue weighted by Crippen LogP contribution is -2.43. The van der Waals surface area contributed by atoms with Gasteiger partial charge in [0.2, 0.25) is 0 Å². The van der Waals surface area contributed by atoms with E-state index >= 15 is 0 Å². The molecule has 1 aromatic rings. The zero-order valence-electron chi connectivity index (χ0n) is 23.2. The monoisotopic (exact) mass is 521 g/mol. The largest absolute Gasteiger partial charge is 0.491 e. The van der Waals surface area contributed by atoms with Crippen LogP contribution in [0.3, 0.4) is 0 Å². The van der Waals surface area contributed by atoms with Gasteiger partial charge >= 0.3 is 0 Å². The van der Waals surface area contributed by atoms with Gasteiger partial charge in [0.05, 0.1) is 19.3 Å². The predicted octanol–water partition coefficient (Wildman–Crippen LogP) is 7.26. The second kappa shape index (κ2) is 12.2. The molecule has 1 saturated carbocycles. The number of allylic oxidation sites excluding steroid dienone is 7. The van der Waals surface area contributed by atoms with Gasteiger partial charge < -0.3 is 14.9 Å². The Kier molecular flexibility index (Phi) is 8.99. The van der Waals surface area contributed by atoms with Gasteiger partial charge in [-0.15, -0.1) is 0 Å². The summed E-state index contributed by atoms with van der Waals surface area (Å²) in [5.74, 6) is 2.39. The molecule has 2 aliphatic carbocycles. The van der Waals surface area contributed by atoms with Crippen LogP contribution in [0, 0.1) is 22.7 Å². The standard InChI is InChI=1S/C33H41NO4.3H2/c1-22(33(2,3)4)14-28(34)19-29(35)15-23-8-10-24(11-9-23)16-32(36)25-6-5-7-30(13-12-25)38-31-17-26(18-31)27-20-37-21-27;;;/h6-14,26-27,31,34H,5,15-21H2,1-4H3;3*1H/b22-14+,34-28?;;;. The highest BCUT2D eigenvalue weighted by molar-refractivity contribution is 6.06. The summed E-state index contributed by atoms with van der Waals surface area (Å²) in [6, 6.07) is 7.66. The molecule has 38 heavy (non-hydrogen) atoms. The highest BCUT2D eigenvalue weighted by Crippen LogP contribution is 2.40. The summed E-state index contributed by atoms with van der Waals surface area (Å²) in [6.07, 6.45) is 13.5. The third kappa shape index (κ3) is 7.73. The zero-order valence-corrected chi connectivity index (χ0v) is 23.2. The van der Waals surface area contributed by atoms with E-state index < -0.39 is 0 Å². The van der Waals surface area contributed by atoms with Gasteiger partial charge in [-0.25, -0.2) is 0 Å². The van der Waals surface area contributed by atoms with Gasteiger partial charge in [0.25, 0.3) is 0 Å². The minimum atomic E-state index is -0.0108. The minimum absolute atomic E-state index is 0. The molecule has 1 aromatic carbocycles. The molecule has 0 aromatic heterocycles. The first kappa shape index (κ1) is 28.0. The van der Waals surface area contributed by atoms with Crippen molar-refractivity contribution in [3.8, 4) is 0 Å². The highest BCUT2D eigenvalue weighted by Gasteiger charge is 2.39. The van der Waals surface area contributed by atoms with Gasteiger partial charge in [-0.2, -0.15) is 0 Å². The topological polar surface area (TPSA) is 76.5 Å². The van der Waals surface area contributed by atoms with E-state index in [9.17, 15) is 9.59 Å². The predicted molar refractivity (Wildman–Crippen MR) is 158 cm³/mol. The number of benzene rings is 1. The van der Waals surface area contributed by atoms with Crippen LogP contribution in [0.2, 0.25) is 0 Å². The van der Waals surface area contributed by atoms with Crippen LogP contribution >= 0.6 is 0 Å². The number of nitrogens with one attached hydrogen (secondary N) is 1. The summed E-state index contributed by atoms with van der Waals surface area (Å²) < 4.78 is 11.4. The molecule has 2 fully saturated rings. The van der Waals surface area contributed by atoms with Crippen LogP contribution < -0.4 is 0 Å². The molecule has 0 atom stereocenters. The Balaban J connectivity index is 0.00000280. The summed E-state index contributed by atoms with van der Waals surface area (Å²) in [6.45, 7) is 10.1. The van der Waals surface area contributed by atoms with Crippen molar-refractivity contribution in [1.29, 1.82) is 5.41 Å².